The van der Waals surface area contributed by atoms with Gasteiger partial charge in [0.05, 0.1) is 19.0 Å². The molecule has 10 heteroatoms. The number of likely N-dealkylation sites (tertiary alicyclic amines) is 1. The average molecular weight is 415 g/mol. The average Bonchev–Trinajstić information content (AvgIpc) is 3.11. The Morgan fingerprint density at radius 2 is 1.79 bits per heavy atom. The summed E-state index contributed by atoms with van der Waals surface area (Å²) in [6, 6.07) is 6.05. The van der Waals surface area contributed by atoms with Crippen molar-refractivity contribution in [3.05, 3.63) is 42.0 Å². The lowest BCUT2D eigenvalue weighted by molar-refractivity contribution is -0.250. The van der Waals surface area contributed by atoms with Gasteiger partial charge >= 0.3 is 12.2 Å². The Bertz CT molecular complexity index is 870. The monoisotopic (exact) mass is 415 g/mol. The molecular formula is C19H21F4N3O3. The molecule has 0 saturated carbocycles. The summed E-state index contributed by atoms with van der Waals surface area (Å²) in [4.78, 5) is 17.4. The second-order valence-electron chi connectivity index (χ2n) is 7.12. The van der Waals surface area contributed by atoms with Gasteiger partial charge in [-0.15, -0.1) is 0 Å². The fourth-order valence-corrected chi connectivity index (χ4v) is 3.44. The number of alkyl halides is 3. The van der Waals surface area contributed by atoms with Crippen LogP contribution in [-0.2, 0) is 4.79 Å². The van der Waals surface area contributed by atoms with E-state index in [1.54, 1.807) is 22.9 Å². The number of aliphatic hydroxyl groups is 1. The van der Waals surface area contributed by atoms with E-state index >= 15 is 0 Å². The summed E-state index contributed by atoms with van der Waals surface area (Å²) in [7, 11) is 1.45. The number of hydrogen-bond donors (Lipinski definition) is 1. The number of imidazole rings is 1. The SMILES string of the molecule is COc1ncc(C2CCN(C(=O)[C@@](C)(O)C(F)(F)F)CC2)n1-c1ccc(F)cc1. The van der Waals surface area contributed by atoms with Crippen LogP contribution in [0.1, 0.15) is 31.4 Å². The van der Waals surface area contributed by atoms with E-state index in [1.165, 1.54) is 19.2 Å². The van der Waals surface area contributed by atoms with Gasteiger partial charge in [0.1, 0.15) is 5.82 Å². The minimum atomic E-state index is -5.05. The number of nitrogens with zero attached hydrogens (tertiary/aromatic N) is 3. The summed E-state index contributed by atoms with van der Waals surface area (Å²) in [5.41, 5.74) is -2.03. The molecule has 1 aromatic carbocycles. The molecule has 29 heavy (non-hydrogen) atoms. The van der Waals surface area contributed by atoms with Crippen molar-refractivity contribution in [2.75, 3.05) is 20.2 Å². The molecule has 1 atom stereocenters. The summed E-state index contributed by atoms with van der Waals surface area (Å²) in [6.07, 6.45) is -2.67. The Labute approximate surface area is 164 Å². The van der Waals surface area contributed by atoms with Crippen molar-refractivity contribution in [3.8, 4) is 11.7 Å². The zero-order valence-electron chi connectivity index (χ0n) is 15.9. The molecule has 1 aliphatic heterocycles. The van der Waals surface area contributed by atoms with Crippen LogP contribution in [0, 0.1) is 5.82 Å². The Balaban J connectivity index is 1.79. The van der Waals surface area contributed by atoms with E-state index in [0.717, 1.165) is 10.6 Å². The number of carbonyl (C=O) groups excluding carboxylic acids is 1. The third kappa shape index (κ3) is 3.93. The summed E-state index contributed by atoms with van der Waals surface area (Å²) in [6.45, 7) is 0.592. The van der Waals surface area contributed by atoms with E-state index in [-0.39, 0.29) is 19.0 Å². The molecule has 0 bridgehead atoms. The van der Waals surface area contributed by atoms with Crippen molar-refractivity contribution in [1.82, 2.24) is 14.5 Å². The number of halogens is 4. The van der Waals surface area contributed by atoms with Gasteiger partial charge in [0, 0.05) is 24.7 Å². The first kappa shape index (κ1) is 21.1. The van der Waals surface area contributed by atoms with Gasteiger partial charge in [0.25, 0.3) is 5.91 Å². The van der Waals surface area contributed by atoms with E-state index < -0.39 is 23.5 Å². The second-order valence-corrected chi connectivity index (χ2v) is 7.12. The first-order valence-electron chi connectivity index (χ1n) is 9.02. The maximum atomic E-state index is 13.3. The van der Waals surface area contributed by atoms with Crippen LogP contribution in [0.25, 0.3) is 5.69 Å². The van der Waals surface area contributed by atoms with E-state index in [2.05, 4.69) is 4.98 Å². The van der Waals surface area contributed by atoms with Gasteiger partial charge in [-0.25, -0.2) is 9.37 Å². The van der Waals surface area contributed by atoms with Gasteiger partial charge in [-0.3, -0.25) is 9.36 Å². The normalized spacial score (nSPS) is 17.8. The van der Waals surface area contributed by atoms with Gasteiger partial charge in [-0.05, 0) is 44.0 Å². The smallest absolute Gasteiger partial charge is 0.426 e. The van der Waals surface area contributed by atoms with Crippen LogP contribution >= 0.6 is 0 Å². The van der Waals surface area contributed by atoms with Crippen molar-refractivity contribution in [1.29, 1.82) is 0 Å². The molecule has 3 rings (SSSR count). The number of ether oxygens (including phenoxy) is 1. The van der Waals surface area contributed by atoms with Crippen LogP contribution < -0.4 is 4.74 Å². The quantitative estimate of drug-likeness (QED) is 0.780. The number of piperidine rings is 1. The van der Waals surface area contributed by atoms with Crippen molar-refractivity contribution in [2.45, 2.75) is 37.5 Å². The van der Waals surface area contributed by atoms with Crippen LogP contribution in [0.3, 0.4) is 0 Å². The lowest BCUT2D eigenvalue weighted by Crippen LogP contribution is -2.57. The minimum absolute atomic E-state index is 0.0621. The molecule has 1 aliphatic rings. The maximum Gasteiger partial charge on any atom is 0.426 e. The first-order valence-corrected chi connectivity index (χ1v) is 9.02. The number of hydrogen-bond acceptors (Lipinski definition) is 4. The molecule has 0 radical (unpaired) electrons. The van der Waals surface area contributed by atoms with Crippen LogP contribution in [0.15, 0.2) is 30.5 Å². The molecule has 1 N–H and O–H groups in total. The van der Waals surface area contributed by atoms with E-state index in [1.807, 2.05) is 0 Å². The minimum Gasteiger partial charge on any atom is -0.468 e. The van der Waals surface area contributed by atoms with Crippen molar-refractivity contribution in [3.63, 3.8) is 0 Å². The Morgan fingerprint density at radius 1 is 1.21 bits per heavy atom. The van der Waals surface area contributed by atoms with Crippen LogP contribution in [0.5, 0.6) is 6.01 Å². The van der Waals surface area contributed by atoms with Crippen molar-refractivity contribution < 1.29 is 32.2 Å². The first-order chi connectivity index (χ1) is 13.6. The topological polar surface area (TPSA) is 67.6 Å². The standard InChI is InChI=1S/C19H21F4N3O3/c1-18(28,19(21,22)23)16(27)25-9-7-12(8-10-25)15-11-24-17(29-2)26(15)14-5-3-13(20)4-6-14/h3-6,11-12,28H,7-10H2,1-2H3/t18-/m1/s1. The zero-order chi connectivity index (χ0) is 21.4. The maximum absolute atomic E-state index is 13.3. The van der Waals surface area contributed by atoms with Crippen LogP contribution in [0.2, 0.25) is 0 Å². The molecule has 1 amide bonds. The number of benzene rings is 1. The summed E-state index contributed by atoms with van der Waals surface area (Å²) >= 11 is 0. The number of carbonyl (C=O) groups is 1. The summed E-state index contributed by atoms with van der Waals surface area (Å²) in [5, 5.41) is 9.63. The highest BCUT2D eigenvalue weighted by Gasteiger charge is 2.57. The van der Waals surface area contributed by atoms with Gasteiger partial charge in [-0.1, -0.05) is 0 Å². The molecule has 1 aromatic heterocycles. The molecule has 6 nitrogen and oxygen atoms in total. The third-order valence-corrected chi connectivity index (χ3v) is 5.19. The van der Waals surface area contributed by atoms with Gasteiger partial charge in [-0.2, -0.15) is 13.2 Å². The van der Waals surface area contributed by atoms with Gasteiger partial charge in [0.15, 0.2) is 0 Å². The van der Waals surface area contributed by atoms with Crippen molar-refractivity contribution >= 4 is 5.91 Å². The lowest BCUT2D eigenvalue weighted by Gasteiger charge is -2.36. The largest absolute Gasteiger partial charge is 0.468 e. The zero-order valence-corrected chi connectivity index (χ0v) is 15.9. The molecule has 158 valence electrons. The van der Waals surface area contributed by atoms with Crippen molar-refractivity contribution in [2.24, 2.45) is 0 Å². The van der Waals surface area contributed by atoms with Gasteiger partial charge < -0.3 is 14.7 Å². The molecule has 1 saturated heterocycles. The van der Waals surface area contributed by atoms with Crippen LogP contribution in [-0.4, -0.2) is 57.4 Å². The lowest BCUT2D eigenvalue weighted by atomic mass is 9.92. The van der Waals surface area contributed by atoms with E-state index in [4.69, 9.17) is 4.74 Å². The predicted octanol–water partition coefficient (Wildman–Crippen LogP) is 3.04. The predicted molar refractivity (Wildman–Crippen MR) is 95.3 cm³/mol. The Morgan fingerprint density at radius 3 is 2.31 bits per heavy atom. The highest BCUT2D eigenvalue weighted by molar-refractivity contribution is 5.85. The molecule has 0 unspecified atom stereocenters. The Hall–Kier alpha value is -2.62. The van der Waals surface area contributed by atoms with E-state index in [9.17, 15) is 27.5 Å². The summed E-state index contributed by atoms with van der Waals surface area (Å²) in [5.74, 6) is -1.85. The van der Waals surface area contributed by atoms with Crippen LogP contribution in [0.4, 0.5) is 17.6 Å². The molecule has 0 spiro atoms. The molecule has 0 aliphatic carbocycles. The van der Waals surface area contributed by atoms with E-state index in [0.29, 0.717) is 31.5 Å². The van der Waals surface area contributed by atoms with Gasteiger partial charge in [0.2, 0.25) is 5.60 Å². The molecule has 2 heterocycles. The second kappa shape index (κ2) is 7.66. The molecule has 1 fully saturated rings. The Kier molecular flexibility index (Phi) is 5.57. The number of amides is 1. The number of aromatic nitrogens is 2. The molecular weight excluding hydrogens is 394 g/mol. The number of methoxy groups -OCH3 is 1. The number of rotatable bonds is 4. The third-order valence-electron chi connectivity index (χ3n) is 5.19. The molecule has 2 aromatic rings. The fourth-order valence-electron chi connectivity index (χ4n) is 3.44. The highest BCUT2D eigenvalue weighted by Crippen LogP contribution is 2.36. The highest BCUT2D eigenvalue weighted by atomic mass is 19.4. The fraction of sp³-hybridized carbons (Fsp3) is 0.474. The summed E-state index contributed by atoms with van der Waals surface area (Å²) < 4.78 is 59.1.